The van der Waals surface area contributed by atoms with Crippen molar-refractivity contribution in [1.82, 2.24) is 35.7 Å². The first-order chi connectivity index (χ1) is 21.4. The van der Waals surface area contributed by atoms with Crippen molar-refractivity contribution in [2.45, 2.75) is 94.9 Å². The number of carbonyl (C=O) groups is 4. The molecule has 5 rings (SSSR count). The van der Waals surface area contributed by atoms with E-state index in [0.29, 0.717) is 30.1 Å². The van der Waals surface area contributed by atoms with Gasteiger partial charge in [-0.25, -0.2) is 9.59 Å². The normalized spacial score (nSPS) is 28.0. The summed E-state index contributed by atoms with van der Waals surface area (Å²) in [5, 5.41) is 28.5. The van der Waals surface area contributed by atoms with E-state index in [0.717, 1.165) is 19.3 Å². The van der Waals surface area contributed by atoms with E-state index in [4.69, 9.17) is 9.47 Å². The van der Waals surface area contributed by atoms with E-state index < -0.39 is 53.0 Å². The molecule has 5 atom stereocenters. The van der Waals surface area contributed by atoms with Gasteiger partial charge in [-0.2, -0.15) is 0 Å². The number of ether oxygens (including phenoxy) is 2. The van der Waals surface area contributed by atoms with Crippen molar-refractivity contribution in [1.29, 1.82) is 0 Å². The molecular formula is C31H41N7O7. The van der Waals surface area contributed by atoms with Crippen LogP contribution < -0.4 is 15.4 Å². The maximum absolute atomic E-state index is 14.2. The summed E-state index contributed by atoms with van der Waals surface area (Å²) in [6, 6.07) is 5.13. The van der Waals surface area contributed by atoms with Gasteiger partial charge in [-0.15, -0.1) is 15.0 Å². The Balaban J connectivity index is 1.43. The quantitative estimate of drug-likeness (QED) is 0.420. The van der Waals surface area contributed by atoms with Gasteiger partial charge in [0.25, 0.3) is 0 Å². The number of nitrogens with one attached hydrogen (secondary N) is 2. The maximum atomic E-state index is 14.2. The van der Waals surface area contributed by atoms with Crippen molar-refractivity contribution in [2.24, 2.45) is 5.92 Å². The lowest BCUT2D eigenvalue weighted by Gasteiger charge is -2.30. The van der Waals surface area contributed by atoms with Gasteiger partial charge in [-0.3, -0.25) is 9.59 Å². The minimum atomic E-state index is -1.43. The molecule has 3 heterocycles. The van der Waals surface area contributed by atoms with Crippen molar-refractivity contribution in [3.05, 3.63) is 42.2 Å². The molecule has 3 N–H and O–H groups in total. The second-order valence-corrected chi connectivity index (χ2v) is 12.9. The Kier molecular flexibility index (Phi) is 9.12. The van der Waals surface area contributed by atoms with E-state index in [2.05, 4.69) is 26.0 Å². The van der Waals surface area contributed by atoms with Crippen LogP contribution in [0.2, 0.25) is 0 Å². The molecule has 45 heavy (non-hydrogen) atoms. The molecule has 1 saturated heterocycles. The van der Waals surface area contributed by atoms with Crippen LogP contribution in [-0.2, 0) is 19.1 Å². The fraction of sp³-hybridized carbons (Fsp3) is 0.581. The molecule has 0 radical (unpaired) electrons. The highest BCUT2D eigenvalue weighted by Crippen LogP contribution is 2.45. The number of carboxylic acids is 1. The Hall–Kier alpha value is -4.49. The third-order valence-electron chi connectivity index (χ3n) is 8.45. The Labute approximate surface area is 261 Å². The second-order valence-electron chi connectivity index (χ2n) is 12.9. The number of rotatable bonds is 5. The molecule has 2 aromatic rings. The zero-order valence-electron chi connectivity index (χ0n) is 26.1. The number of hydrogen-bond donors (Lipinski definition) is 3. The van der Waals surface area contributed by atoms with Crippen molar-refractivity contribution in [2.75, 3.05) is 13.7 Å². The average molecular weight is 624 g/mol. The summed E-state index contributed by atoms with van der Waals surface area (Å²) in [6.45, 7) is 5.29. The summed E-state index contributed by atoms with van der Waals surface area (Å²) in [5.74, 6) is -1.92. The molecule has 2 fully saturated rings. The smallest absolute Gasteiger partial charge is 0.408 e. The molecular weight excluding hydrogens is 582 g/mol. The lowest BCUT2D eigenvalue weighted by atomic mass is 10.0. The Morgan fingerprint density at radius 3 is 2.58 bits per heavy atom. The van der Waals surface area contributed by atoms with Crippen molar-refractivity contribution >= 4 is 23.9 Å². The van der Waals surface area contributed by atoms with Gasteiger partial charge in [-0.1, -0.05) is 25.0 Å². The minimum absolute atomic E-state index is 0.0845. The van der Waals surface area contributed by atoms with Crippen LogP contribution in [-0.4, -0.2) is 91.0 Å². The van der Waals surface area contributed by atoms with E-state index in [1.807, 2.05) is 12.2 Å². The zero-order valence-corrected chi connectivity index (χ0v) is 26.1. The standard InChI is InChI=1S/C31H41N7O7/c1-30(2,3)45-29(43)32-23-11-9-7-5-6-8-10-20-17-31(20,28(41)42)33-26(39)24-16-19(18-37(24)27(23)40)25-34-36-38(35-25)21-12-14-22(44-4)15-13-21/h8,10,12-15,19-20,23-24H,5-7,9,11,16-18H2,1-4H3,(H,32,43)(H,33,39)(H,41,42)/b10-8-/t19-,20-,23+,24+,31-/m1/s1. The largest absolute Gasteiger partial charge is 0.497 e. The molecule has 14 nitrogen and oxygen atoms in total. The summed E-state index contributed by atoms with van der Waals surface area (Å²) in [6.07, 6.45) is 6.93. The maximum Gasteiger partial charge on any atom is 0.408 e. The third kappa shape index (κ3) is 7.26. The van der Waals surface area contributed by atoms with Crippen LogP contribution in [0, 0.1) is 5.92 Å². The Bertz CT molecular complexity index is 1450. The molecule has 0 bridgehead atoms. The van der Waals surface area contributed by atoms with Gasteiger partial charge in [0, 0.05) is 18.4 Å². The van der Waals surface area contributed by atoms with Crippen LogP contribution in [0.4, 0.5) is 4.79 Å². The van der Waals surface area contributed by atoms with Gasteiger partial charge < -0.3 is 30.1 Å². The van der Waals surface area contributed by atoms with Crippen molar-refractivity contribution in [3.8, 4) is 11.4 Å². The number of fused-ring (bicyclic) bond motifs is 2. The Morgan fingerprint density at radius 2 is 1.89 bits per heavy atom. The fourth-order valence-corrected chi connectivity index (χ4v) is 5.95. The molecule has 1 saturated carbocycles. The zero-order chi connectivity index (χ0) is 32.4. The highest BCUT2D eigenvalue weighted by atomic mass is 16.6. The number of aliphatic carboxylic acids is 1. The molecule has 1 aromatic carbocycles. The minimum Gasteiger partial charge on any atom is -0.497 e. The summed E-state index contributed by atoms with van der Waals surface area (Å²) < 4.78 is 10.7. The molecule has 2 aliphatic heterocycles. The SMILES string of the molecule is COc1ccc(-n2nnc([C@@H]3C[C@H]4C(=O)N[C@]5(C(=O)O)C[C@H]5/C=C\CCCCC[C@H](NC(=O)OC(C)(C)C)C(=O)N4C3)n2)cc1. The van der Waals surface area contributed by atoms with Crippen LogP contribution in [0.5, 0.6) is 5.75 Å². The van der Waals surface area contributed by atoms with E-state index in [1.165, 1.54) is 9.70 Å². The number of methoxy groups -OCH3 is 1. The molecule has 1 aromatic heterocycles. The number of carboxylic acid groups (broad SMARTS) is 1. The van der Waals surface area contributed by atoms with Crippen molar-refractivity contribution in [3.63, 3.8) is 0 Å². The summed E-state index contributed by atoms with van der Waals surface area (Å²) in [7, 11) is 1.57. The van der Waals surface area contributed by atoms with Gasteiger partial charge in [0.1, 0.15) is 29.0 Å². The number of alkyl carbamates (subject to hydrolysis) is 1. The van der Waals surface area contributed by atoms with Crippen molar-refractivity contribution < 1.29 is 33.8 Å². The number of amides is 3. The van der Waals surface area contributed by atoms with Crippen LogP contribution in [0.25, 0.3) is 5.69 Å². The highest BCUT2D eigenvalue weighted by Gasteiger charge is 2.61. The van der Waals surface area contributed by atoms with Crippen LogP contribution >= 0.6 is 0 Å². The molecule has 0 spiro atoms. The Morgan fingerprint density at radius 1 is 1.13 bits per heavy atom. The molecule has 1 aliphatic carbocycles. The number of tetrazole rings is 1. The second kappa shape index (κ2) is 12.9. The topological polar surface area (TPSA) is 178 Å². The predicted molar refractivity (Wildman–Crippen MR) is 161 cm³/mol. The first-order valence-electron chi connectivity index (χ1n) is 15.4. The predicted octanol–water partition coefficient (Wildman–Crippen LogP) is 2.73. The number of carbonyl (C=O) groups excluding carboxylic acids is 3. The van der Waals surface area contributed by atoms with Crippen LogP contribution in [0.3, 0.4) is 0 Å². The van der Waals surface area contributed by atoms with Gasteiger partial charge >= 0.3 is 12.1 Å². The first kappa shape index (κ1) is 31.9. The average Bonchev–Trinajstić information content (AvgIpc) is 3.31. The number of aromatic nitrogens is 4. The lowest BCUT2D eigenvalue weighted by molar-refractivity contribution is -0.145. The number of benzene rings is 1. The molecule has 3 amide bonds. The molecule has 0 unspecified atom stereocenters. The van der Waals surface area contributed by atoms with E-state index >= 15 is 0 Å². The van der Waals surface area contributed by atoms with Crippen LogP contribution in [0.1, 0.15) is 77.5 Å². The number of allylic oxidation sites excluding steroid dienone is 1. The molecule has 3 aliphatic rings. The lowest BCUT2D eigenvalue weighted by Crippen LogP contribution is -2.56. The van der Waals surface area contributed by atoms with Crippen LogP contribution in [0.15, 0.2) is 36.4 Å². The van der Waals surface area contributed by atoms with Gasteiger partial charge in [0.05, 0.1) is 12.8 Å². The van der Waals surface area contributed by atoms with E-state index in [1.54, 1.807) is 52.1 Å². The third-order valence-corrected chi connectivity index (χ3v) is 8.45. The van der Waals surface area contributed by atoms with Gasteiger partial charge in [0.2, 0.25) is 11.8 Å². The number of nitrogens with zero attached hydrogens (tertiary/aromatic N) is 5. The monoisotopic (exact) mass is 623 g/mol. The summed E-state index contributed by atoms with van der Waals surface area (Å²) in [4.78, 5) is 55.9. The summed E-state index contributed by atoms with van der Waals surface area (Å²) in [5.41, 5.74) is -1.55. The molecule has 14 heteroatoms. The number of hydrogen-bond acceptors (Lipinski definition) is 9. The van der Waals surface area contributed by atoms with E-state index in [-0.39, 0.29) is 25.3 Å². The first-order valence-corrected chi connectivity index (χ1v) is 15.4. The van der Waals surface area contributed by atoms with Gasteiger partial charge in [0.15, 0.2) is 5.82 Å². The summed E-state index contributed by atoms with van der Waals surface area (Å²) >= 11 is 0. The highest BCUT2D eigenvalue weighted by molar-refractivity contribution is 5.96. The van der Waals surface area contributed by atoms with Gasteiger partial charge in [-0.05, 0) is 82.4 Å². The van der Waals surface area contributed by atoms with E-state index in [9.17, 15) is 24.3 Å². The molecule has 242 valence electrons. The fourth-order valence-electron chi connectivity index (χ4n) is 5.95.